The van der Waals surface area contributed by atoms with Gasteiger partial charge in [0.2, 0.25) is 0 Å². The number of ether oxygens (including phenoxy) is 3. The van der Waals surface area contributed by atoms with Gasteiger partial charge in [-0.3, -0.25) is 4.79 Å². The van der Waals surface area contributed by atoms with Crippen LogP contribution in [0.5, 0.6) is 0 Å². The second-order valence-electron chi connectivity index (χ2n) is 11.3. The van der Waals surface area contributed by atoms with E-state index in [1.807, 2.05) is 27.7 Å². The summed E-state index contributed by atoms with van der Waals surface area (Å²) in [6.07, 6.45) is 0.823. The summed E-state index contributed by atoms with van der Waals surface area (Å²) in [6.45, 7) is 13.0. The summed E-state index contributed by atoms with van der Waals surface area (Å²) in [7, 11) is 1.58. The van der Waals surface area contributed by atoms with Crippen LogP contribution in [0, 0.1) is 29.1 Å². The van der Waals surface area contributed by atoms with Gasteiger partial charge < -0.3 is 24.4 Å². The lowest BCUT2D eigenvalue weighted by molar-refractivity contribution is -0.150. The van der Waals surface area contributed by atoms with Gasteiger partial charge in [-0.2, -0.15) is 0 Å². The van der Waals surface area contributed by atoms with Crippen molar-refractivity contribution in [1.29, 1.82) is 0 Å². The third kappa shape index (κ3) is 3.23. The van der Waals surface area contributed by atoms with Crippen molar-refractivity contribution in [1.82, 2.24) is 0 Å². The van der Waals surface area contributed by atoms with Crippen LogP contribution < -0.4 is 0 Å². The molecule has 0 bridgehead atoms. The smallest absolute Gasteiger partial charge is 0.334 e. The maximum Gasteiger partial charge on any atom is 0.334 e. The first kappa shape index (κ1) is 24.6. The van der Waals surface area contributed by atoms with Gasteiger partial charge >= 0.3 is 5.97 Å². The molecular formula is C26H38O7. The molecule has 2 N–H and O–H groups in total. The van der Waals surface area contributed by atoms with E-state index in [1.54, 1.807) is 40.0 Å². The molecule has 0 aromatic carbocycles. The third-order valence-electron chi connectivity index (χ3n) is 9.01. The van der Waals surface area contributed by atoms with Crippen LogP contribution in [0.1, 0.15) is 54.9 Å². The standard InChI is InChI=1S/C26H38O7/c1-9-12(2)23(30)32-19-13(3)10-25-21(28)14(4)11-26(25,33-25)22(29)15(5)18(27)16-17(20(19)31-8)24(16,6)7/h9-10,14-21,27-28H,11H2,1-8H3/b12-9-,13-10+/t14-,15+,16-,17+,18-,19+,20-,21-,25-,26-/m0/s1. The molecule has 33 heavy (non-hydrogen) atoms. The quantitative estimate of drug-likeness (QED) is 0.287. The highest BCUT2D eigenvalue weighted by Gasteiger charge is 2.82. The fourth-order valence-corrected chi connectivity index (χ4v) is 6.78. The first-order chi connectivity index (χ1) is 15.3. The average molecular weight is 463 g/mol. The summed E-state index contributed by atoms with van der Waals surface area (Å²) in [5.41, 5.74) is -1.50. The lowest BCUT2D eigenvalue weighted by atomic mass is 9.81. The molecular weight excluding hydrogens is 424 g/mol. The van der Waals surface area contributed by atoms with Crippen molar-refractivity contribution >= 4 is 11.8 Å². The lowest BCUT2D eigenvalue weighted by Gasteiger charge is -2.29. The summed E-state index contributed by atoms with van der Waals surface area (Å²) in [4.78, 5) is 26.5. The average Bonchev–Trinajstić information content (AvgIpc) is 3.56. The summed E-state index contributed by atoms with van der Waals surface area (Å²) in [5, 5.41) is 22.4. The van der Waals surface area contributed by atoms with E-state index in [1.165, 1.54) is 0 Å². The molecule has 7 heteroatoms. The Bertz CT molecular complexity index is 920. The molecule has 0 amide bonds. The molecule has 10 atom stereocenters. The maximum absolute atomic E-state index is 13.7. The zero-order chi connectivity index (χ0) is 24.7. The van der Waals surface area contributed by atoms with Crippen LogP contribution >= 0.6 is 0 Å². The number of aliphatic hydroxyl groups is 2. The SMILES string of the molecule is C/C=C(/C)C(=O)O[C@@H]1/C(C)=C/[C@@]23O[C@@]2(C[C@H](C)[C@@H]3O)C(=O)[C@H](C)[C@H](O)[C@@H]2[C@H]([C@@H]1OC)C2(C)C. The normalized spacial score (nSPS) is 50.2. The fraction of sp³-hybridized carbons (Fsp3) is 0.769. The van der Waals surface area contributed by atoms with E-state index in [2.05, 4.69) is 0 Å². The molecule has 3 fully saturated rings. The highest BCUT2D eigenvalue weighted by Crippen LogP contribution is 2.67. The van der Waals surface area contributed by atoms with Crippen LogP contribution in [0.2, 0.25) is 0 Å². The Hall–Kier alpha value is -1.54. The minimum Gasteiger partial charge on any atom is -0.452 e. The molecule has 0 radical (unpaired) electrons. The predicted octanol–water partition coefficient (Wildman–Crippen LogP) is 2.59. The number of fused-ring (bicyclic) bond motifs is 1. The zero-order valence-electron chi connectivity index (χ0n) is 20.9. The monoisotopic (exact) mass is 462 g/mol. The summed E-state index contributed by atoms with van der Waals surface area (Å²) in [6, 6.07) is 0. The molecule has 1 aliphatic heterocycles. The molecule has 0 spiro atoms. The highest BCUT2D eigenvalue weighted by atomic mass is 16.7. The lowest BCUT2D eigenvalue weighted by Crippen LogP contribution is -2.41. The van der Waals surface area contributed by atoms with Crippen molar-refractivity contribution in [3.8, 4) is 0 Å². The van der Waals surface area contributed by atoms with Crippen LogP contribution in [0.4, 0.5) is 0 Å². The molecule has 2 saturated carbocycles. The summed E-state index contributed by atoms with van der Waals surface area (Å²) >= 11 is 0. The fourth-order valence-electron chi connectivity index (χ4n) is 6.78. The van der Waals surface area contributed by atoms with Gasteiger partial charge in [0.05, 0.1) is 12.2 Å². The van der Waals surface area contributed by atoms with Crippen LogP contribution in [-0.2, 0) is 23.8 Å². The minimum atomic E-state index is -1.18. The van der Waals surface area contributed by atoms with Crippen LogP contribution in [0.15, 0.2) is 23.3 Å². The molecule has 0 unspecified atom stereocenters. The third-order valence-corrected chi connectivity index (χ3v) is 9.01. The number of hydrogen-bond donors (Lipinski definition) is 2. The number of rotatable bonds is 3. The Kier molecular flexibility index (Phi) is 5.76. The van der Waals surface area contributed by atoms with Crippen molar-refractivity contribution < 1.29 is 34.0 Å². The largest absolute Gasteiger partial charge is 0.452 e. The van der Waals surface area contributed by atoms with Crippen LogP contribution in [0.25, 0.3) is 0 Å². The maximum atomic E-state index is 13.7. The van der Waals surface area contributed by atoms with E-state index in [0.717, 1.165) is 0 Å². The first-order valence-corrected chi connectivity index (χ1v) is 12.0. The van der Waals surface area contributed by atoms with Crippen molar-refractivity contribution in [2.75, 3.05) is 7.11 Å². The summed E-state index contributed by atoms with van der Waals surface area (Å²) < 4.78 is 18.0. The number of carbonyl (C=O) groups excluding carboxylic acids is 2. The number of hydrogen-bond acceptors (Lipinski definition) is 7. The highest BCUT2D eigenvalue weighted by molar-refractivity contribution is 5.95. The van der Waals surface area contributed by atoms with E-state index >= 15 is 0 Å². The Morgan fingerprint density at radius 3 is 2.45 bits per heavy atom. The van der Waals surface area contributed by atoms with Gasteiger partial charge in [-0.15, -0.1) is 0 Å². The number of epoxide rings is 1. The van der Waals surface area contributed by atoms with Crippen molar-refractivity contribution in [2.24, 2.45) is 29.1 Å². The van der Waals surface area contributed by atoms with Gasteiger partial charge in [0, 0.05) is 24.5 Å². The number of aliphatic hydroxyl groups excluding tert-OH is 2. The molecule has 0 aromatic heterocycles. The number of methoxy groups -OCH3 is 1. The molecule has 184 valence electrons. The van der Waals surface area contributed by atoms with Gasteiger partial charge in [0.15, 0.2) is 17.0 Å². The van der Waals surface area contributed by atoms with E-state index < -0.39 is 47.5 Å². The van der Waals surface area contributed by atoms with E-state index in [0.29, 0.717) is 17.6 Å². The second-order valence-corrected chi connectivity index (χ2v) is 11.3. The van der Waals surface area contributed by atoms with Crippen molar-refractivity contribution in [3.05, 3.63) is 23.3 Å². The Morgan fingerprint density at radius 1 is 1.24 bits per heavy atom. The molecule has 4 rings (SSSR count). The van der Waals surface area contributed by atoms with Gasteiger partial charge in [-0.1, -0.05) is 33.8 Å². The van der Waals surface area contributed by atoms with Gasteiger partial charge in [-0.25, -0.2) is 4.79 Å². The first-order valence-electron chi connectivity index (χ1n) is 12.0. The molecule has 3 aliphatic carbocycles. The number of carbonyl (C=O) groups is 2. The Morgan fingerprint density at radius 2 is 1.88 bits per heavy atom. The molecule has 1 heterocycles. The van der Waals surface area contributed by atoms with Crippen molar-refractivity contribution in [2.45, 2.75) is 90.5 Å². The number of allylic oxidation sites excluding steroid dienone is 1. The zero-order valence-corrected chi connectivity index (χ0v) is 20.9. The number of esters is 1. The minimum absolute atomic E-state index is 0.117. The van der Waals surface area contributed by atoms with Crippen molar-refractivity contribution in [3.63, 3.8) is 0 Å². The molecule has 7 nitrogen and oxygen atoms in total. The Balaban J connectivity index is 1.85. The molecule has 1 saturated heterocycles. The number of Topliss-reactive ketones (excluding diaryl/α,β-unsaturated/α-hetero) is 1. The van der Waals surface area contributed by atoms with E-state index in [9.17, 15) is 19.8 Å². The topological polar surface area (TPSA) is 106 Å². The predicted molar refractivity (Wildman–Crippen MR) is 121 cm³/mol. The summed E-state index contributed by atoms with van der Waals surface area (Å²) in [5.74, 6) is -1.74. The number of ketones is 1. The molecule has 0 aromatic rings. The van der Waals surface area contributed by atoms with Gasteiger partial charge in [0.1, 0.15) is 12.2 Å². The Labute approximate surface area is 196 Å². The van der Waals surface area contributed by atoms with Crippen LogP contribution in [0.3, 0.4) is 0 Å². The molecule has 4 aliphatic rings. The van der Waals surface area contributed by atoms with Gasteiger partial charge in [-0.05, 0) is 56.1 Å². The van der Waals surface area contributed by atoms with E-state index in [4.69, 9.17) is 14.2 Å². The van der Waals surface area contributed by atoms with Gasteiger partial charge in [0.25, 0.3) is 0 Å². The second kappa shape index (κ2) is 7.74. The van der Waals surface area contributed by atoms with Crippen LogP contribution in [-0.4, -0.2) is 64.7 Å². The van der Waals surface area contributed by atoms with E-state index in [-0.39, 0.29) is 29.0 Å².